The fourth-order valence-electron chi connectivity index (χ4n) is 5.63. The van der Waals surface area contributed by atoms with Crippen LogP contribution in [0.15, 0.2) is 41.2 Å². The van der Waals surface area contributed by atoms with Crippen molar-refractivity contribution < 1.29 is 4.74 Å². The highest BCUT2D eigenvalue weighted by Crippen LogP contribution is 2.45. The number of aromatic nitrogens is 3. The third kappa shape index (κ3) is 5.00. The first kappa shape index (κ1) is 26.2. The number of aryl methyl sites for hydroxylation is 1. The maximum atomic E-state index is 12.8. The number of nitrogens with zero attached hydrogens (tertiary/aromatic N) is 6. The highest BCUT2D eigenvalue weighted by molar-refractivity contribution is 5.87. The van der Waals surface area contributed by atoms with Crippen LogP contribution < -0.4 is 15.3 Å². The van der Waals surface area contributed by atoms with Crippen LogP contribution in [0.3, 0.4) is 0 Å². The zero-order chi connectivity index (χ0) is 27.0. The van der Waals surface area contributed by atoms with Crippen LogP contribution in [0.25, 0.3) is 15.9 Å². The van der Waals surface area contributed by atoms with Gasteiger partial charge in [-0.2, -0.15) is 4.98 Å². The molecule has 0 spiro atoms. The summed E-state index contributed by atoms with van der Waals surface area (Å²) in [5, 5.41) is 0. The molecule has 0 bridgehead atoms. The van der Waals surface area contributed by atoms with E-state index in [0.717, 1.165) is 38.3 Å². The number of hydrogen-bond donors (Lipinski definition) is 0. The van der Waals surface area contributed by atoms with Crippen LogP contribution in [0.4, 0.5) is 11.6 Å². The lowest BCUT2D eigenvalue weighted by molar-refractivity contribution is 0.0939. The van der Waals surface area contributed by atoms with Crippen LogP contribution in [0.5, 0.6) is 5.75 Å². The Hall–Kier alpha value is -3.44. The lowest BCUT2D eigenvalue weighted by atomic mass is 9.96. The van der Waals surface area contributed by atoms with Crippen molar-refractivity contribution in [3.63, 3.8) is 0 Å². The molecule has 38 heavy (non-hydrogen) atoms. The molecule has 8 heteroatoms. The average Bonchev–Trinajstić information content (AvgIpc) is 3.68. The van der Waals surface area contributed by atoms with E-state index in [1.54, 1.807) is 19.2 Å². The summed E-state index contributed by atoms with van der Waals surface area (Å²) in [4.78, 5) is 30.1. The molecule has 0 N–H and O–H groups in total. The summed E-state index contributed by atoms with van der Waals surface area (Å²) in [6.07, 6.45) is 4.49. The minimum Gasteiger partial charge on any atom is -0.493 e. The highest BCUT2D eigenvalue weighted by Gasteiger charge is 2.39. The molecule has 1 aliphatic carbocycles. The predicted octanol–water partition coefficient (Wildman–Crippen LogP) is 5.50. The molecule has 3 heterocycles. The maximum Gasteiger partial charge on any atom is 0.350 e. The summed E-state index contributed by atoms with van der Waals surface area (Å²) >= 11 is 0. The van der Waals surface area contributed by atoms with Crippen molar-refractivity contribution >= 4 is 22.7 Å². The van der Waals surface area contributed by atoms with Crippen LogP contribution in [0, 0.1) is 12.0 Å². The van der Waals surface area contributed by atoms with Crippen LogP contribution >= 0.6 is 0 Å². The first-order chi connectivity index (χ1) is 18.3. The molecular formula is C30H38N6O2. The molecule has 2 aliphatic rings. The molecule has 1 saturated heterocycles. The Bertz CT molecular complexity index is 1410. The van der Waals surface area contributed by atoms with Gasteiger partial charge in [0.15, 0.2) is 5.82 Å². The number of piperazine rings is 1. The van der Waals surface area contributed by atoms with Crippen molar-refractivity contribution in [2.45, 2.75) is 71.5 Å². The van der Waals surface area contributed by atoms with E-state index in [1.807, 2.05) is 0 Å². The Labute approximate surface area is 225 Å². The standard InChI is InChI=1S/C30H38N6O2/c1-7-22-18-35(28-27-25(34(6)29(37)33-28)13-14-26(31-5)32-27)20(3)17-36(22)24(8-2)21-9-11-23(12-10-21)38-19-30(4)15-16-30/h9-14,20,22,24H,7-8,15-19H2,1-4,6H3/t20-,22+,24?/m0/s1. The average molecular weight is 515 g/mol. The number of fused-ring (bicyclic) bond motifs is 1. The fraction of sp³-hybridized carbons (Fsp3) is 0.533. The predicted molar refractivity (Wildman–Crippen MR) is 151 cm³/mol. The molecule has 3 aromatic rings. The van der Waals surface area contributed by atoms with Gasteiger partial charge in [0.05, 0.1) is 12.1 Å². The van der Waals surface area contributed by atoms with Gasteiger partial charge >= 0.3 is 5.69 Å². The normalized spacial score (nSPS) is 21.7. The third-order valence-electron chi connectivity index (χ3n) is 8.41. The Morgan fingerprint density at radius 3 is 2.50 bits per heavy atom. The van der Waals surface area contributed by atoms with Gasteiger partial charge in [0.2, 0.25) is 5.52 Å². The highest BCUT2D eigenvalue weighted by atomic mass is 16.5. The molecule has 1 unspecified atom stereocenters. The number of rotatable bonds is 8. The molecule has 0 radical (unpaired) electrons. The molecule has 1 aliphatic heterocycles. The van der Waals surface area contributed by atoms with E-state index in [9.17, 15) is 4.79 Å². The number of benzene rings is 1. The third-order valence-corrected chi connectivity index (χ3v) is 8.41. The van der Waals surface area contributed by atoms with E-state index in [4.69, 9.17) is 11.3 Å². The molecule has 3 atom stereocenters. The van der Waals surface area contributed by atoms with Gasteiger partial charge in [0.25, 0.3) is 5.82 Å². The molecule has 5 rings (SSSR count). The van der Waals surface area contributed by atoms with Crippen molar-refractivity contribution in [3.8, 4) is 5.75 Å². The Balaban J connectivity index is 1.40. The van der Waals surface area contributed by atoms with Gasteiger partial charge in [-0.05, 0) is 62.4 Å². The number of hydrogen-bond acceptors (Lipinski definition) is 6. The first-order valence-electron chi connectivity index (χ1n) is 13.8. The largest absolute Gasteiger partial charge is 0.493 e. The van der Waals surface area contributed by atoms with Crippen molar-refractivity contribution in [1.29, 1.82) is 0 Å². The van der Waals surface area contributed by atoms with Crippen LogP contribution in [-0.4, -0.2) is 51.2 Å². The summed E-state index contributed by atoms with van der Waals surface area (Å²) in [5.74, 6) is 1.83. The monoisotopic (exact) mass is 514 g/mol. The molecule has 1 aromatic carbocycles. The van der Waals surface area contributed by atoms with Crippen molar-refractivity contribution in [3.05, 3.63) is 63.9 Å². The molecule has 2 aromatic heterocycles. The minimum atomic E-state index is -0.308. The van der Waals surface area contributed by atoms with Gasteiger partial charge < -0.3 is 14.5 Å². The minimum absolute atomic E-state index is 0.120. The number of ether oxygens (including phenoxy) is 1. The van der Waals surface area contributed by atoms with Crippen LogP contribution in [0.2, 0.25) is 0 Å². The lowest BCUT2D eigenvalue weighted by Gasteiger charge is -2.48. The van der Waals surface area contributed by atoms with E-state index < -0.39 is 0 Å². The van der Waals surface area contributed by atoms with Gasteiger partial charge in [0.1, 0.15) is 5.75 Å². The lowest BCUT2D eigenvalue weighted by Crippen LogP contribution is -2.58. The summed E-state index contributed by atoms with van der Waals surface area (Å²) < 4.78 is 7.56. The zero-order valence-electron chi connectivity index (χ0n) is 23.1. The second kappa shape index (κ2) is 10.4. The van der Waals surface area contributed by atoms with Crippen molar-refractivity contribution in [2.24, 2.45) is 12.5 Å². The second-order valence-corrected chi connectivity index (χ2v) is 11.3. The number of anilines is 1. The fourth-order valence-corrected chi connectivity index (χ4v) is 5.63. The van der Waals surface area contributed by atoms with E-state index in [-0.39, 0.29) is 17.8 Å². The topological polar surface area (TPSA) is 67.9 Å². The summed E-state index contributed by atoms with van der Waals surface area (Å²) in [7, 11) is 1.70. The van der Waals surface area contributed by atoms with E-state index in [2.05, 4.69) is 76.6 Å². The maximum absolute atomic E-state index is 12.8. The van der Waals surface area contributed by atoms with Gasteiger partial charge in [0, 0.05) is 43.7 Å². The molecule has 0 amide bonds. The van der Waals surface area contributed by atoms with Gasteiger partial charge in [-0.1, -0.05) is 39.5 Å². The summed E-state index contributed by atoms with van der Waals surface area (Å²) in [6.45, 7) is 18.7. The molecule has 2 fully saturated rings. The zero-order valence-corrected chi connectivity index (χ0v) is 23.1. The SMILES string of the molecule is [C-]#[N+]c1ccc2c(n1)c(N1C[C@@H](CC)N(C(CC)c3ccc(OCC4(C)CC4)cc3)C[C@@H]1C)nc(=O)n2C. The van der Waals surface area contributed by atoms with Gasteiger partial charge in [-0.15, -0.1) is 4.98 Å². The number of pyridine rings is 1. The van der Waals surface area contributed by atoms with Crippen molar-refractivity contribution in [2.75, 3.05) is 24.6 Å². The second-order valence-electron chi connectivity index (χ2n) is 11.3. The van der Waals surface area contributed by atoms with E-state index in [1.165, 1.54) is 23.0 Å². The van der Waals surface area contributed by atoms with Crippen LogP contribution in [0.1, 0.15) is 65.0 Å². The Morgan fingerprint density at radius 2 is 1.87 bits per heavy atom. The van der Waals surface area contributed by atoms with Crippen molar-refractivity contribution in [1.82, 2.24) is 19.4 Å². The van der Waals surface area contributed by atoms with E-state index in [0.29, 0.717) is 34.1 Å². The summed E-state index contributed by atoms with van der Waals surface area (Å²) in [6, 6.07) is 12.8. The molecule has 1 saturated carbocycles. The van der Waals surface area contributed by atoms with Crippen LogP contribution in [-0.2, 0) is 7.05 Å². The Morgan fingerprint density at radius 1 is 1.13 bits per heavy atom. The summed E-state index contributed by atoms with van der Waals surface area (Å²) in [5.41, 5.74) is 2.66. The molecular weight excluding hydrogens is 476 g/mol. The van der Waals surface area contributed by atoms with E-state index >= 15 is 0 Å². The van der Waals surface area contributed by atoms with Gasteiger partial charge in [-0.3, -0.25) is 9.47 Å². The first-order valence-corrected chi connectivity index (χ1v) is 13.8. The van der Waals surface area contributed by atoms with Gasteiger partial charge in [-0.25, -0.2) is 4.79 Å². The Kier molecular flexibility index (Phi) is 7.15. The molecule has 200 valence electrons. The smallest absolute Gasteiger partial charge is 0.350 e. The molecule has 8 nitrogen and oxygen atoms in total. The quantitative estimate of drug-likeness (QED) is 0.370.